The molecule has 4 rings (SSSR count). The Hall–Kier alpha value is -2.08. The van der Waals surface area contributed by atoms with Crippen molar-refractivity contribution >= 4 is 16.8 Å². The molecule has 2 bridgehead atoms. The van der Waals surface area contributed by atoms with Crippen LogP contribution in [0.3, 0.4) is 0 Å². The zero-order valence-corrected chi connectivity index (χ0v) is 14.2. The largest absolute Gasteiger partial charge is 0.497 e. The molecule has 24 heavy (non-hydrogen) atoms. The number of primary amides is 1. The second-order valence-electron chi connectivity index (χ2n) is 7.07. The van der Waals surface area contributed by atoms with Gasteiger partial charge in [-0.05, 0) is 44.9 Å². The van der Waals surface area contributed by atoms with Gasteiger partial charge >= 0.3 is 0 Å². The normalized spacial score (nSPS) is 27.3. The Morgan fingerprint density at radius 3 is 2.58 bits per heavy atom. The van der Waals surface area contributed by atoms with E-state index < -0.39 is 5.91 Å². The summed E-state index contributed by atoms with van der Waals surface area (Å²) in [6, 6.07) is 7.20. The minimum Gasteiger partial charge on any atom is -0.497 e. The highest BCUT2D eigenvalue weighted by Crippen LogP contribution is 2.39. The summed E-state index contributed by atoms with van der Waals surface area (Å²) in [6.07, 6.45) is 5.94. The Morgan fingerprint density at radius 2 is 1.96 bits per heavy atom. The van der Waals surface area contributed by atoms with Crippen LogP contribution < -0.4 is 10.5 Å². The van der Waals surface area contributed by atoms with Crippen molar-refractivity contribution in [2.45, 2.75) is 50.2 Å². The monoisotopic (exact) mass is 328 g/mol. The Bertz CT molecular complexity index is 771. The molecule has 3 heterocycles. The summed E-state index contributed by atoms with van der Waals surface area (Å²) < 4.78 is 7.38. The predicted octanol–water partition coefficient (Wildman–Crippen LogP) is 2.33. The van der Waals surface area contributed by atoms with Gasteiger partial charge < -0.3 is 15.4 Å². The first kappa shape index (κ1) is 15.4. The van der Waals surface area contributed by atoms with E-state index in [-0.39, 0.29) is 0 Å². The number of fused-ring (bicyclic) bond motifs is 3. The Kier molecular flexibility index (Phi) is 3.72. The van der Waals surface area contributed by atoms with Gasteiger partial charge in [0.25, 0.3) is 5.91 Å². The lowest BCUT2D eigenvalue weighted by atomic mass is 9.82. The van der Waals surface area contributed by atoms with Gasteiger partial charge in [-0.2, -0.15) is 5.10 Å². The highest BCUT2D eigenvalue weighted by atomic mass is 16.5. The third-order valence-electron chi connectivity index (χ3n) is 5.81. The molecule has 1 aromatic heterocycles. The average molecular weight is 328 g/mol. The van der Waals surface area contributed by atoms with Crippen molar-refractivity contribution in [1.29, 1.82) is 0 Å². The van der Waals surface area contributed by atoms with E-state index >= 15 is 0 Å². The fourth-order valence-electron chi connectivity index (χ4n) is 4.49. The smallest absolute Gasteiger partial charge is 0.269 e. The topological polar surface area (TPSA) is 73.4 Å². The number of hydrogen-bond donors (Lipinski definition) is 1. The first-order chi connectivity index (χ1) is 11.6. The van der Waals surface area contributed by atoms with Crippen molar-refractivity contribution in [3.05, 3.63) is 23.9 Å². The number of hydrogen-bond acceptors (Lipinski definition) is 4. The number of ether oxygens (including phenoxy) is 1. The van der Waals surface area contributed by atoms with Gasteiger partial charge in [0, 0.05) is 23.5 Å². The van der Waals surface area contributed by atoms with E-state index in [1.54, 1.807) is 7.11 Å². The molecular formula is C18H24N4O2. The number of carbonyl (C=O) groups is 1. The maximum Gasteiger partial charge on any atom is 0.269 e. The third-order valence-corrected chi connectivity index (χ3v) is 5.81. The fourth-order valence-corrected chi connectivity index (χ4v) is 4.49. The van der Waals surface area contributed by atoms with Crippen LogP contribution in [0.5, 0.6) is 5.75 Å². The molecule has 2 aliphatic heterocycles. The van der Waals surface area contributed by atoms with Crippen LogP contribution in [0.1, 0.15) is 48.6 Å². The summed E-state index contributed by atoms with van der Waals surface area (Å²) in [5.74, 6) is 0.296. The van der Waals surface area contributed by atoms with Crippen LogP contribution in [0.25, 0.3) is 10.9 Å². The van der Waals surface area contributed by atoms with Crippen LogP contribution in [0.2, 0.25) is 0 Å². The number of methoxy groups -OCH3 is 1. The van der Waals surface area contributed by atoms with Crippen LogP contribution >= 0.6 is 0 Å². The molecule has 128 valence electrons. The average Bonchev–Trinajstić information content (AvgIpc) is 2.93. The Labute approximate surface area is 141 Å². The molecule has 2 saturated heterocycles. The van der Waals surface area contributed by atoms with Gasteiger partial charge in [-0.25, -0.2) is 0 Å². The second-order valence-corrected chi connectivity index (χ2v) is 7.07. The van der Waals surface area contributed by atoms with E-state index in [1.807, 2.05) is 22.9 Å². The minimum atomic E-state index is -0.475. The minimum absolute atomic E-state index is 0.305. The van der Waals surface area contributed by atoms with E-state index in [0.29, 0.717) is 23.8 Å². The van der Waals surface area contributed by atoms with Crippen molar-refractivity contribution < 1.29 is 9.53 Å². The number of nitrogens with two attached hydrogens (primary N) is 1. The summed E-state index contributed by atoms with van der Waals surface area (Å²) in [4.78, 5) is 14.3. The summed E-state index contributed by atoms with van der Waals surface area (Å²) in [5, 5.41) is 5.42. The molecule has 0 radical (unpaired) electrons. The van der Waals surface area contributed by atoms with Crippen LogP contribution in [-0.2, 0) is 0 Å². The van der Waals surface area contributed by atoms with Crippen molar-refractivity contribution in [3.8, 4) is 5.75 Å². The molecule has 1 amide bonds. The van der Waals surface area contributed by atoms with E-state index in [0.717, 1.165) is 29.5 Å². The van der Waals surface area contributed by atoms with E-state index in [2.05, 4.69) is 17.0 Å². The fraction of sp³-hybridized carbons (Fsp3) is 0.556. The summed E-state index contributed by atoms with van der Waals surface area (Å²) in [6.45, 7) is 0. The van der Waals surface area contributed by atoms with Crippen LogP contribution in [0, 0.1) is 0 Å². The van der Waals surface area contributed by atoms with E-state index in [4.69, 9.17) is 10.5 Å². The Balaban J connectivity index is 1.79. The SMILES string of the molecule is COc1ccc2c(C(N)=O)nn(C3CC4CCCC(C3)N4C)c2c1. The van der Waals surface area contributed by atoms with Crippen molar-refractivity contribution in [1.82, 2.24) is 14.7 Å². The molecule has 2 aliphatic rings. The lowest BCUT2D eigenvalue weighted by molar-refractivity contribution is 0.0379. The molecular weight excluding hydrogens is 304 g/mol. The molecule has 2 atom stereocenters. The van der Waals surface area contributed by atoms with Gasteiger partial charge in [0.2, 0.25) is 0 Å². The molecule has 1 aromatic carbocycles. The van der Waals surface area contributed by atoms with Crippen LogP contribution in [-0.4, -0.2) is 46.8 Å². The molecule has 2 fully saturated rings. The first-order valence-electron chi connectivity index (χ1n) is 8.66. The highest BCUT2D eigenvalue weighted by molar-refractivity contribution is 6.04. The highest BCUT2D eigenvalue weighted by Gasteiger charge is 2.37. The number of amides is 1. The first-order valence-corrected chi connectivity index (χ1v) is 8.66. The van der Waals surface area contributed by atoms with Crippen LogP contribution in [0.4, 0.5) is 0 Å². The molecule has 0 spiro atoms. The molecule has 2 aromatic rings. The molecule has 0 saturated carbocycles. The number of carbonyl (C=O) groups excluding carboxylic acids is 1. The Morgan fingerprint density at radius 1 is 1.25 bits per heavy atom. The number of rotatable bonds is 3. The van der Waals surface area contributed by atoms with Gasteiger partial charge in [0.1, 0.15) is 5.75 Å². The standard InChI is InChI=1S/C18H24N4O2/c1-21-11-4-3-5-12(21)9-13(8-11)22-16-10-14(24-2)6-7-15(16)17(20-22)18(19)23/h6-7,10-13H,3-5,8-9H2,1-2H3,(H2,19,23). The van der Waals surface area contributed by atoms with E-state index in [9.17, 15) is 4.79 Å². The maximum atomic E-state index is 11.8. The van der Waals surface area contributed by atoms with E-state index in [1.165, 1.54) is 19.3 Å². The van der Waals surface area contributed by atoms with Crippen molar-refractivity contribution in [2.75, 3.05) is 14.2 Å². The lowest BCUT2D eigenvalue weighted by Crippen LogP contribution is -2.50. The molecule has 6 nitrogen and oxygen atoms in total. The third kappa shape index (κ3) is 2.36. The van der Waals surface area contributed by atoms with Gasteiger partial charge in [-0.3, -0.25) is 9.48 Å². The van der Waals surface area contributed by atoms with Crippen molar-refractivity contribution in [3.63, 3.8) is 0 Å². The van der Waals surface area contributed by atoms with Crippen molar-refractivity contribution in [2.24, 2.45) is 5.73 Å². The van der Waals surface area contributed by atoms with Gasteiger partial charge in [0.15, 0.2) is 5.69 Å². The summed E-state index contributed by atoms with van der Waals surface area (Å²) >= 11 is 0. The molecule has 2 N–H and O–H groups in total. The van der Waals surface area contributed by atoms with Gasteiger partial charge in [0.05, 0.1) is 18.7 Å². The quantitative estimate of drug-likeness (QED) is 0.938. The molecule has 6 heteroatoms. The summed E-state index contributed by atoms with van der Waals surface area (Å²) in [7, 11) is 3.89. The number of aromatic nitrogens is 2. The second kappa shape index (κ2) is 5.77. The lowest BCUT2D eigenvalue weighted by Gasteiger charge is -2.47. The number of nitrogens with zero attached hydrogens (tertiary/aromatic N) is 3. The molecule has 2 unspecified atom stereocenters. The molecule has 0 aliphatic carbocycles. The number of benzene rings is 1. The van der Waals surface area contributed by atoms with Gasteiger partial charge in [-0.1, -0.05) is 6.42 Å². The zero-order valence-electron chi connectivity index (χ0n) is 14.2. The number of piperidine rings is 2. The van der Waals surface area contributed by atoms with Crippen LogP contribution in [0.15, 0.2) is 18.2 Å². The predicted molar refractivity (Wildman–Crippen MR) is 92.3 cm³/mol. The van der Waals surface area contributed by atoms with Gasteiger partial charge in [-0.15, -0.1) is 0 Å². The zero-order chi connectivity index (χ0) is 16.8. The summed E-state index contributed by atoms with van der Waals surface area (Å²) in [5.41, 5.74) is 6.85. The maximum absolute atomic E-state index is 11.8.